The van der Waals surface area contributed by atoms with Crippen molar-refractivity contribution >= 4 is 17.3 Å². The molecule has 2 heterocycles. The second-order valence-corrected chi connectivity index (χ2v) is 5.31. The van der Waals surface area contributed by atoms with Crippen molar-refractivity contribution in [1.29, 1.82) is 0 Å². The Kier molecular flexibility index (Phi) is 3.91. The van der Waals surface area contributed by atoms with E-state index in [0.29, 0.717) is 6.54 Å². The van der Waals surface area contributed by atoms with Crippen LogP contribution in [-0.4, -0.2) is 36.1 Å². The summed E-state index contributed by atoms with van der Waals surface area (Å²) in [6, 6.07) is 0. The van der Waals surface area contributed by atoms with Crippen LogP contribution in [0.2, 0.25) is 0 Å². The van der Waals surface area contributed by atoms with Gasteiger partial charge in [-0.25, -0.2) is 9.78 Å². The highest BCUT2D eigenvalue weighted by Gasteiger charge is 2.50. The normalized spacial score (nSPS) is 22.2. The number of thiazole rings is 1. The van der Waals surface area contributed by atoms with Crippen molar-refractivity contribution in [3.8, 4) is 0 Å². The van der Waals surface area contributed by atoms with Crippen LogP contribution in [-0.2, 0) is 16.0 Å². The molecule has 1 aromatic heterocycles. The van der Waals surface area contributed by atoms with Crippen LogP contribution >= 0.6 is 11.3 Å². The van der Waals surface area contributed by atoms with Gasteiger partial charge in [0.15, 0.2) is 0 Å². The average Bonchev–Trinajstić information content (AvgIpc) is 2.79. The van der Waals surface area contributed by atoms with Gasteiger partial charge in [-0.3, -0.25) is 0 Å². The molecule has 1 aliphatic rings. The zero-order chi connectivity index (χ0) is 13.2. The molecule has 18 heavy (non-hydrogen) atoms. The maximum atomic E-state index is 12.9. The standard InChI is InChI=1S/C11H14F2N2O2S/c1-7-15-8(6-18-7)2-3-14-5-9-4-11(12,13)10(16)17-9/h6,9,14H,2-5H2,1H3. The lowest BCUT2D eigenvalue weighted by Gasteiger charge is -2.09. The molecule has 1 N–H and O–H groups in total. The average molecular weight is 276 g/mol. The molecule has 1 aromatic rings. The molecule has 0 aliphatic carbocycles. The van der Waals surface area contributed by atoms with Gasteiger partial charge in [0.1, 0.15) is 6.10 Å². The molecule has 2 rings (SSSR count). The topological polar surface area (TPSA) is 51.2 Å². The summed E-state index contributed by atoms with van der Waals surface area (Å²) in [6.45, 7) is 2.81. The van der Waals surface area contributed by atoms with Gasteiger partial charge < -0.3 is 10.1 Å². The molecule has 0 amide bonds. The smallest absolute Gasteiger partial charge is 0.377 e. The second kappa shape index (κ2) is 5.27. The molecule has 1 saturated heterocycles. The van der Waals surface area contributed by atoms with Gasteiger partial charge in [0, 0.05) is 24.9 Å². The SMILES string of the molecule is Cc1nc(CCNCC2CC(F)(F)C(=O)O2)cs1. The molecule has 0 saturated carbocycles. The van der Waals surface area contributed by atoms with E-state index in [2.05, 4.69) is 15.0 Å². The molecular weight excluding hydrogens is 262 g/mol. The third-order valence-corrected chi connectivity index (χ3v) is 3.48. The number of nitrogens with zero attached hydrogens (tertiary/aromatic N) is 1. The molecule has 7 heteroatoms. The van der Waals surface area contributed by atoms with E-state index in [1.165, 1.54) is 0 Å². The highest BCUT2D eigenvalue weighted by molar-refractivity contribution is 7.09. The van der Waals surface area contributed by atoms with Gasteiger partial charge in [-0.2, -0.15) is 8.78 Å². The highest BCUT2D eigenvalue weighted by Crippen LogP contribution is 2.30. The Balaban J connectivity index is 1.66. The van der Waals surface area contributed by atoms with Crippen molar-refractivity contribution in [2.45, 2.75) is 31.8 Å². The summed E-state index contributed by atoms with van der Waals surface area (Å²) < 4.78 is 30.3. The Morgan fingerprint density at radius 2 is 2.44 bits per heavy atom. The molecule has 1 aliphatic heterocycles. The first-order valence-electron chi connectivity index (χ1n) is 5.68. The number of rotatable bonds is 5. The molecule has 1 fully saturated rings. The summed E-state index contributed by atoms with van der Waals surface area (Å²) in [5.41, 5.74) is 0.985. The van der Waals surface area contributed by atoms with E-state index < -0.39 is 24.4 Å². The maximum Gasteiger partial charge on any atom is 0.377 e. The van der Waals surface area contributed by atoms with Crippen LogP contribution in [0.3, 0.4) is 0 Å². The monoisotopic (exact) mass is 276 g/mol. The van der Waals surface area contributed by atoms with Crippen molar-refractivity contribution in [2.75, 3.05) is 13.1 Å². The van der Waals surface area contributed by atoms with Crippen LogP contribution in [0.15, 0.2) is 5.38 Å². The minimum Gasteiger partial charge on any atom is -0.456 e. The summed E-state index contributed by atoms with van der Waals surface area (Å²) in [4.78, 5) is 15.0. The van der Waals surface area contributed by atoms with Gasteiger partial charge in [0.2, 0.25) is 0 Å². The number of hydrogen-bond donors (Lipinski definition) is 1. The fourth-order valence-corrected chi connectivity index (χ4v) is 2.41. The van der Waals surface area contributed by atoms with E-state index in [1.54, 1.807) is 11.3 Å². The van der Waals surface area contributed by atoms with Gasteiger partial charge in [-0.1, -0.05) is 0 Å². The zero-order valence-corrected chi connectivity index (χ0v) is 10.7. The summed E-state index contributed by atoms with van der Waals surface area (Å²) in [6.07, 6.45) is -0.527. The minimum absolute atomic E-state index is 0.254. The predicted molar refractivity (Wildman–Crippen MR) is 62.9 cm³/mol. The molecular formula is C11H14F2N2O2S. The van der Waals surface area contributed by atoms with Crippen LogP contribution in [0.5, 0.6) is 0 Å². The Morgan fingerprint density at radius 3 is 3.00 bits per heavy atom. The van der Waals surface area contributed by atoms with Gasteiger partial charge in [-0.15, -0.1) is 11.3 Å². The number of carbonyl (C=O) groups excluding carboxylic acids is 1. The molecule has 1 unspecified atom stereocenters. The zero-order valence-electron chi connectivity index (χ0n) is 9.91. The van der Waals surface area contributed by atoms with E-state index in [1.807, 2.05) is 12.3 Å². The van der Waals surface area contributed by atoms with Crippen LogP contribution in [0.25, 0.3) is 0 Å². The van der Waals surface area contributed by atoms with Gasteiger partial charge >= 0.3 is 11.9 Å². The van der Waals surface area contributed by atoms with E-state index >= 15 is 0 Å². The van der Waals surface area contributed by atoms with Crippen molar-refractivity contribution in [1.82, 2.24) is 10.3 Å². The number of hydrogen-bond acceptors (Lipinski definition) is 5. The van der Waals surface area contributed by atoms with E-state index in [0.717, 1.165) is 17.1 Å². The molecule has 0 spiro atoms. The number of aryl methyl sites for hydroxylation is 1. The number of aromatic nitrogens is 1. The quantitative estimate of drug-likeness (QED) is 0.654. The number of halogens is 2. The van der Waals surface area contributed by atoms with Gasteiger partial charge in [0.25, 0.3) is 0 Å². The number of ether oxygens (including phenoxy) is 1. The molecule has 4 nitrogen and oxygen atoms in total. The van der Waals surface area contributed by atoms with Crippen LogP contribution < -0.4 is 5.32 Å². The lowest BCUT2D eigenvalue weighted by Crippen LogP contribution is -2.28. The van der Waals surface area contributed by atoms with Crippen molar-refractivity contribution < 1.29 is 18.3 Å². The van der Waals surface area contributed by atoms with Gasteiger partial charge in [0.05, 0.1) is 17.1 Å². The summed E-state index contributed by atoms with van der Waals surface area (Å²) in [5, 5.41) is 5.98. The Labute approximate surface area is 107 Å². The van der Waals surface area contributed by atoms with Crippen LogP contribution in [0.1, 0.15) is 17.1 Å². The molecule has 0 bridgehead atoms. The molecule has 0 radical (unpaired) electrons. The third kappa shape index (κ3) is 3.23. The lowest BCUT2D eigenvalue weighted by atomic mass is 10.2. The maximum absolute atomic E-state index is 12.9. The summed E-state index contributed by atoms with van der Waals surface area (Å²) in [7, 11) is 0. The first kappa shape index (κ1) is 13.4. The Bertz CT molecular complexity index is 436. The first-order chi connectivity index (χ1) is 8.47. The van der Waals surface area contributed by atoms with Crippen LogP contribution in [0, 0.1) is 6.92 Å². The van der Waals surface area contributed by atoms with E-state index in [-0.39, 0.29) is 6.54 Å². The number of cyclic esters (lactones) is 1. The summed E-state index contributed by atoms with van der Waals surface area (Å²) in [5.74, 6) is -4.73. The minimum atomic E-state index is -3.32. The highest BCUT2D eigenvalue weighted by atomic mass is 32.1. The van der Waals surface area contributed by atoms with Crippen molar-refractivity contribution in [3.05, 3.63) is 16.1 Å². The fourth-order valence-electron chi connectivity index (χ4n) is 1.76. The third-order valence-electron chi connectivity index (χ3n) is 2.65. The van der Waals surface area contributed by atoms with E-state index in [9.17, 15) is 13.6 Å². The molecule has 0 aromatic carbocycles. The van der Waals surface area contributed by atoms with E-state index in [4.69, 9.17) is 0 Å². The molecule has 100 valence electrons. The Hall–Kier alpha value is -1.08. The van der Waals surface area contributed by atoms with Gasteiger partial charge in [-0.05, 0) is 6.92 Å². The predicted octanol–water partition coefficient (Wildman–Crippen LogP) is 1.53. The number of nitrogens with one attached hydrogen (secondary N) is 1. The Morgan fingerprint density at radius 1 is 1.67 bits per heavy atom. The largest absolute Gasteiger partial charge is 0.456 e. The lowest BCUT2D eigenvalue weighted by molar-refractivity contribution is -0.158. The number of carbonyl (C=O) groups is 1. The summed E-state index contributed by atoms with van der Waals surface area (Å²) >= 11 is 1.58. The number of esters is 1. The second-order valence-electron chi connectivity index (χ2n) is 4.25. The fraction of sp³-hybridized carbons (Fsp3) is 0.636. The number of alkyl halides is 2. The van der Waals surface area contributed by atoms with Crippen molar-refractivity contribution in [3.63, 3.8) is 0 Å². The molecule has 1 atom stereocenters. The first-order valence-corrected chi connectivity index (χ1v) is 6.56. The van der Waals surface area contributed by atoms with Crippen molar-refractivity contribution in [2.24, 2.45) is 0 Å². The van der Waals surface area contributed by atoms with Crippen LogP contribution in [0.4, 0.5) is 8.78 Å².